The summed E-state index contributed by atoms with van der Waals surface area (Å²) >= 11 is 0. The summed E-state index contributed by atoms with van der Waals surface area (Å²) in [6.45, 7) is 7.53. The van der Waals surface area contributed by atoms with E-state index in [0.29, 0.717) is 21.1 Å². The highest BCUT2D eigenvalue weighted by Gasteiger charge is 2.64. The van der Waals surface area contributed by atoms with Crippen LogP contribution in [0.4, 0.5) is 13.2 Å². The van der Waals surface area contributed by atoms with Gasteiger partial charge in [-0.05, 0) is 48.4 Å². The molecule has 0 aliphatic heterocycles. The molecule has 3 fully saturated rings. The highest BCUT2D eigenvalue weighted by Crippen LogP contribution is 2.64. The van der Waals surface area contributed by atoms with Crippen LogP contribution in [0, 0.1) is 17.3 Å². The highest BCUT2D eigenvalue weighted by atomic mass is 32.2. The third kappa shape index (κ3) is 3.52. The van der Waals surface area contributed by atoms with E-state index >= 15 is 0 Å². The summed E-state index contributed by atoms with van der Waals surface area (Å²) in [5, 5.41) is 0. The van der Waals surface area contributed by atoms with Gasteiger partial charge in [-0.25, -0.2) is 8.42 Å². The van der Waals surface area contributed by atoms with Crippen LogP contribution in [0.15, 0.2) is 0 Å². The van der Waals surface area contributed by atoms with Gasteiger partial charge in [0, 0.05) is 5.92 Å². The molecular weight excluding hydrogens is 325 g/mol. The topological polar surface area (TPSA) is 57.2 Å². The monoisotopic (exact) mass is 348 g/mol. The molecule has 3 atom stereocenters. The SMILES string of the molecule is C[S+](C)C1(C)CCC2CC1C2(C)C.O=S(=O)([O-])C(F)(F)F. The van der Waals surface area contributed by atoms with Gasteiger partial charge < -0.3 is 4.55 Å². The Balaban J connectivity index is 0.000000240. The Labute approximate surface area is 127 Å². The Morgan fingerprint density at radius 3 is 1.81 bits per heavy atom. The number of hydrogen-bond donors (Lipinski definition) is 0. The van der Waals surface area contributed by atoms with Crippen molar-refractivity contribution in [2.24, 2.45) is 17.3 Å². The van der Waals surface area contributed by atoms with E-state index in [9.17, 15) is 13.2 Å². The van der Waals surface area contributed by atoms with Crippen molar-refractivity contribution in [2.45, 2.75) is 50.3 Å². The quantitative estimate of drug-likeness (QED) is 0.416. The second-order valence-corrected chi connectivity index (χ2v) is 10.8. The fourth-order valence-corrected chi connectivity index (χ4v) is 5.16. The molecular formula is C13H23F3O3S2. The van der Waals surface area contributed by atoms with E-state index in [-0.39, 0.29) is 0 Å². The first-order valence-corrected chi connectivity index (χ1v) is 10.2. The van der Waals surface area contributed by atoms with E-state index in [1.165, 1.54) is 19.3 Å². The lowest BCUT2D eigenvalue weighted by molar-refractivity contribution is -0.0859. The lowest BCUT2D eigenvalue weighted by atomic mass is 9.45. The first kappa shape index (κ1) is 19.1. The third-order valence-corrected chi connectivity index (χ3v) is 8.33. The summed E-state index contributed by atoms with van der Waals surface area (Å²) in [5.41, 5.74) is -4.99. The maximum absolute atomic E-state index is 10.7. The van der Waals surface area contributed by atoms with Crippen molar-refractivity contribution < 1.29 is 26.1 Å². The Morgan fingerprint density at radius 2 is 1.62 bits per heavy atom. The lowest BCUT2D eigenvalue weighted by Crippen LogP contribution is -2.62. The molecule has 0 aromatic rings. The molecule has 0 N–H and O–H groups in total. The van der Waals surface area contributed by atoms with Crippen LogP contribution in [-0.2, 0) is 21.0 Å². The molecule has 0 aromatic carbocycles. The second-order valence-electron chi connectivity index (χ2n) is 6.87. The smallest absolute Gasteiger partial charge is 0.485 e. The average Bonchev–Trinajstić information content (AvgIpc) is 2.26. The van der Waals surface area contributed by atoms with Crippen molar-refractivity contribution in [1.82, 2.24) is 0 Å². The zero-order valence-corrected chi connectivity index (χ0v) is 14.6. The van der Waals surface area contributed by atoms with Gasteiger partial charge >= 0.3 is 5.51 Å². The largest absolute Gasteiger partial charge is 0.741 e. The molecule has 2 bridgehead atoms. The predicted octanol–water partition coefficient (Wildman–Crippen LogP) is 3.13. The molecule has 126 valence electrons. The van der Waals surface area contributed by atoms with Crippen molar-refractivity contribution >= 4 is 21.0 Å². The van der Waals surface area contributed by atoms with E-state index in [1.54, 1.807) is 0 Å². The Kier molecular flexibility index (Phi) is 5.09. The minimum atomic E-state index is -6.09. The maximum Gasteiger partial charge on any atom is 0.485 e. The van der Waals surface area contributed by atoms with E-state index in [2.05, 4.69) is 33.3 Å². The molecule has 3 unspecified atom stereocenters. The summed E-state index contributed by atoms with van der Waals surface area (Å²) in [6.07, 6.45) is 9.38. The number of halogens is 3. The first-order valence-electron chi connectivity index (χ1n) is 6.74. The molecule has 3 rings (SSSR count). The van der Waals surface area contributed by atoms with E-state index in [0.717, 1.165) is 11.8 Å². The summed E-state index contributed by atoms with van der Waals surface area (Å²) in [5.74, 6) is 2.06. The molecule has 0 saturated heterocycles. The van der Waals surface area contributed by atoms with Gasteiger partial charge in [0.15, 0.2) is 10.1 Å². The van der Waals surface area contributed by atoms with Crippen LogP contribution >= 0.6 is 0 Å². The van der Waals surface area contributed by atoms with Crippen LogP contribution in [0.1, 0.15) is 40.0 Å². The van der Waals surface area contributed by atoms with Crippen LogP contribution in [-0.4, -0.2) is 35.7 Å². The molecule has 0 amide bonds. The fourth-order valence-electron chi connectivity index (χ4n) is 3.67. The van der Waals surface area contributed by atoms with Crippen molar-refractivity contribution in [1.29, 1.82) is 0 Å². The number of alkyl halides is 3. The van der Waals surface area contributed by atoms with Gasteiger partial charge in [0.25, 0.3) is 0 Å². The van der Waals surface area contributed by atoms with Gasteiger partial charge in [-0.3, -0.25) is 0 Å². The normalized spacial score (nSPS) is 34.8. The molecule has 3 aliphatic carbocycles. The predicted molar refractivity (Wildman–Crippen MR) is 78.0 cm³/mol. The molecule has 3 aliphatic rings. The van der Waals surface area contributed by atoms with Crippen molar-refractivity contribution in [3.63, 3.8) is 0 Å². The Hall–Kier alpha value is 0.0500. The molecule has 0 spiro atoms. The van der Waals surface area contributed by atoms with Crippen molar-refractivity contribution in [2.75, 3.05) is 12.5 Å². The van der Waals surface area contributed by atoms with Gasteiger partial charge in [0.05, 0.1) is 12.5 Å². The van der Waals surface area contributed by atoms with Crippen LogP contribution in [0.2, 0.25) is 0 Å². The molecule has 8 heteroatoms. The Bertz CT molecular complexity index is 483. The van der Waals surface area contributed by atoms with E-state index in [4.69, 9.17) is 13.0 Å². The number of rotatable bonds is 1. The third-order valence-electron chi connectivity index (χ3n) is 5.41. The zero-order valence-electron chi connectivity index (χ0n) is 13.0. The maximum atomic E-state index is 10.7. The number of fused-ring (bicyclic) bond motifs is 2. The molecule has 0 radical (unpaired) electrons. The summed E-state index contributed by atoms with van der Waals surface area (Å²) in [4.78, 5) is 0. The highest BCUT2D eigenvalue weighted by molar-refractivity contribution is 7.96. The fraction of sp³-hybridized carbons (Fsp3) is 1.00. The standard InChI is InChI=1S/C12H23S.CHF3O3S/c1-11(2)9-6-7-12(3,13(4)5)10(11)8-9;2-1(3,4)8(5,6)7/h9-10H,6-8H2,1-5H3;(H,5,6,7)/q+1;/p-1. The summed E-state index contributed by atoms with van der Waals surface area (Å²) < 4.78 is 59.6. The lowest BCUT2D eigenvalue weighted by Gasteiger charge is -2.62. The molecule has 0 aromatic heterocycles. The van der Waals surface area contributed by atoms with E-state index < -0.39 is 15.6 Å². The molecule has 3 nitrogen and oxygen atoms in total. The summed E-state index contributed by atoms with van der Waals surface area (Å²) in [6, 6.07) is 0. The molecule has 0 heterocycles. The van der Waals surface area contributed by atoms with Crippen LogP contribution in [0.3, 0.4) is 0 Å². The minimum Gasteiger partial charge on any atom is -0.741 e. The Morgan fingerprint density at radius 1 is 1.19 bits per heavy atom. The summed E-state index contributed by atoms with van der Waals surface area (Å²) in [7, 11) is -5.50. The van der Waals surface area contributed by atoms with Crippen molar-refractivity contribution in [3.05, 3.63) is 0 Å². The zero-order chi connectivity index (χ0) is 16.9. The van der Waals surface area contributed by atoms with Gasteiger partial charge in [0.1, 0.15) is 4.75 Å². The van der Waals surface area contributed by atoms with Crippen molar-refractivity contribution in [3.8, 4) is 0 Å². The van der Waals surface area contributed by atoms with Gasteiger partial charge in [-0.2, -0.15) is 13.2 Å². The average molecular weight is 348 g/mol. The van der Waals surface area contributed by atoms with Crippen LogP contribution in [0.25, 0.3) is 0 Å². The second kappa shape index (κ2) is 5.60. The molecule has 3 saturated carbocycles. The van der Waals surface area contributed by atoms with E-state index in [1.807, 2.05) is 0 Å². The minimum absolute atomic E-state index is 0.594. The van der Waals surface area contributed by atoms with Gasteiger partial charge in [-0.15, -0.1) is 0 Å². The van der Waals surface area contributed by atoms with Gasteiger partial charge in [0.2, 0.25) is 0 Å². The van der Waals surface area contributed by atoms with Crippen LogP contribution in [0.5, 0.6) is 0 Å². The molecule has 21 heavy (non-hydrogen) atoms. The van der Waals surface area contributed by atoms with Gasteiger partial charge in [-0.1, -0.05) is 13.8 Å². The number of hydrogen-bond acceptors (Lipinski definition) is 3. The first-order chi connectivity index (χ1) is 9.14. The van der Waals surface area contributed by atoms with Crippen LogP contribution < -0.4 is 0 Å².